The topological polar surface area (TPSA) is 59.6 Å². The second-order valence-electron chi connectivity index (χ2n) is 7.68. The number of H-pyrrole nitrogens is 1. The first-order valence-electron chi connectivity index (χ1n) is 10.4. The van der Waals surface area contributed by atoms with E-state index in [0.717, 1.165) is 55.5 Å². The molecule has 0 amide bonds. The normalized spacial score (nSPS) is 17.1. The molecule has 158 valence electrons. The quantitative estimate of drug-likeness (QED) is 0.613. The van der Waals surface area contributed by atoms with E-state index in [2.05, 4.69) is 52.4 Å². The van der Waals surface area contributed by atoms with Crippen LogP contribution in [0.5, 0.6) is 11.5 Å². The number of benzene rings is 2. The highest BCUT2D eigenvalue weighted by atomic mass is 16.5. The van der Waals surface area contributed by atoms with E-state index >= 15 is 0 Å². The zero-order chi connectivity index (χ0) is 20.8. The number of nitrogens with one attached hydrogen (secondary N) is 1. The number of aromatic amines is 1. The van der Waals surface area contributed by atoms with Crippen LogP contribution in [0.4, 0.5) is 0 Å². The second-order valence-corrected chi connectivity index (χ2v) is 7.68. The SMILES string of the molecule is COc1cccc(OCCc2cc(C3CN(Cc4cccc(C)c4)CCO3)n[nH]2)c1. The van der Waals surface area contributed by atoms with E-state index in [1.165, 1.54) is 11.1 Å². The third kappa shape index (κ3) is 5.40. The molecule has 3 aromatic rings. The van der Waals surface area contributed by atoms with Crippen LogP contribution in [-0.2, 0) is 17.7 Å². The van der Waals surface area contributed by atoms with Crippen molar-refractivity contribution in [1.82, 2.24) is 15.1 Å². The number of aryl methyl sites for hydroxylation is 1. The third-order valence-corrected chi connectivity index (χ3v) is 5.30. The standard InChI is InChI=1S/C24H29N3O3/c1-18-5-3-6-19(13-18)16-27-10-12-30-24(17-27)23-14-20(25-26-23)9-11-29-22-8-4-7-21(15-22)28-2/h3-8,13-15,24H,9-12,16-17H2,1-2H3,(H,25,26). The van der Waals surface area contributed by atoms with Crippen molar-refractivity contribution in [3.63, 3.8) is 0 Å². The van der Waals surface area contributed by atoms with Crippen molar-refractivity contribution in [2.45, 2.75) is 26.0 Å². The summed E-state index contributed by atoms with van der Waals surface area (Å²) in [6.45, 7) is 6.15. The maximum Gasteiger partial charge on any atom is 0.123 e. The fourth-order valence-corrected chi connectivity index (χ4v) is 3.74. The molecule has 4 rings (SSSR count). The van der Waals surface area contributed by atoms with Crippen LogP contribution < -0.4 is 9.47 Å². The molecule has 0 aliphatic carbocycles. The first-order chi connectivity index (χ1) is 14.7. The molecule has 0 spiro atoms. The number of hydrogen-bond acceptors (Lipinski definition) is 5. The van der Waals surface area contributed by atoms with Gasteiger partial charge in [0, 0.05) is 37.8 Å². The van der Waals surface area contributed by atoms with Crippen LogP contribution in [0.25, 0.3) is 0 Å². The molecule has 1 N–H and O–H groups in total. The van der Waals surface area contributed by atoms with Crippen LogP contribution in [0, 0.1) is 6.92 Å². The summed E-state index contributed by atoms with van der Waals surface area (Å²) in [6, 6.07) is 18.4. The van der Waals surface area contributed by atoms with Crippen molar-refractivity contribution in [3.05, 3.63) is 77.1 Å². The average Bonchev–Trinajstić information content (AvgIpc) is 3.23. The van der Waals surface area contributed by atoms with Gasteiger partial charge in [0.2, 0.25) is 0 Å². The monoisotopic (exact) mass is 407 g/mol. The summed E-state index contributed by atoms with van der Waals surface area (Å²) in [5, 5.41) is 7.63. The summed E-state index contributed by atoms with van der Waals surface area (Å²) >= 11 is 0. The lowest BCUT2D eigenvalue weighted by atomic mass is 10.1. The molecular weight excluding hydrogens is 378 g/mol. The van der Waals surface area contributed by atoms with E-state index in [-0.39, 0.29) is 6.10 Å². The highest BCUT2D eigenvalue weighted by molar-refractivity contribution is 5.32. The van der Waals surface area contributed by atoms with E-state index in [1.807, 2.05) is 24.3 Å². The Morgan fingerprint density at radius 1 is 1.13 bits per heavy atom. The van der Waals surface area contributed by atoms with Crippen molar-refractivity contribution in [1.29, 1.82) is 0 Å². The van der Waals surface area contributed by atoms with Crippen LogP contribution in [0.2, 0.25) is 0 Å². The van der Waals surface area contributed by atoms with Gasteiger partial charge in [-0.1, -0.05) is 35.9 Å². The van der Waals surface area contributed by atoms with Gasteiger partial charge in [0.25, 0.3) is 0 Å². The van der Waals surface area contributed by atoms with Crippen LogP contribution in [0.15, 0.2) is 54.6 Å². The summed E-state index contributed by atoms with van der Waals surface area (Å²) < 4.78 is 17.1. The number of hydrogen-bond donors (Lipinski definition) is 1. The molecule has 1 aliphatic heterocycles. The molecule has 30 heavy (non-hydrogen) atoms. The Morgan fingerprint density at radius 3 is 2.87 bits per heavy atom. The Morgan fingerprint density at radius 2 is 2.00 bits per heavy atom. The minimum Gasteiger partial charge on any atom is -0.497 e. The Kier molecular flexibility index (Phi) is 6.67. The average molecular weight is 408 g/mol. The van der Waals surface area contributed by atoms with E-state index in [4.69, 9.17) is 14.2 Å². The molecule has 1 saturated heterocycles. The summed E-state index contributed by atoms with van der Waals surface area (Å²) in [7, 11) is 1.65. The number of rotatable bonds is 8. The van der Waals surface area contributed by atoms with Crippen molar-refractivity contribution in [3.8, 4) is 11.5 Å². The fourth-order valence-electron chi connectivity index (χ4n) is 3.74. The molecular formula is C24H29N3O3. The molecule has 2 aromatic carbocycles. The van der Waals surface area contributed by atoms with Crippen LogP contribution in [0.3, 0.4) is 0 Å². The zero-order valence-electron chi connectivity index (χ0n) is 17.6. The lowest BCUT2D eigenvalue weighted by Crippen LogP contribution is -2.37. The first kappa shape index (κ1) is 20.4. The van der Waals surface area contributed by atoms with Gasteiger partial charge in [-0.05, 0) is 30.7 Å². The first-order valence-corrected chi connectivity index (χ1v) is 10.4. The molecule has 2 heterocycles. The van der Waals surface area contributed by atoms with Gasteiger partial charge in [0.05, 0.1) is 26.0 Å². The van der Waals surface area contributed by atoms with E-state index in [0.29, 0.717) is 6.61 Å². The molecule has 6 heteroatoms. The molecule has 0 saturated carbocycles. The highest BCUT2D eigenvalue weighted by Gasteiger charge is 2.24. The van der Waals surface area contributed by atoms with Gasteiger partial charge in [-0.25, -0.2) is 0 Å². The van der Waals surface area contributed by atoms with Gasteiger partial charge in [-0.15, -0.1) is 0 Å². The lowest BCUT2D eigenvalue weighted by molar-refractivity contribution is -0.0350. The van der Waals surface area contributed by atoms with Gasteiger partial charge in [-0.2, -0.15) is 5.10 Å². The Balaban J connectivity index is 1.29. The maximum absolute atomic E-state index is 6.00. The zero-order valence-corrected chi connectivity index (χ0v) is 17.6. The number of methoxy groups -OCH3 is 1. The summed E-state index contributed by atoms with van der Waals surface area (Å²) in [5.41, 5.74) is 4.64. The Bertz CT molecular complexity index is 956. The smallest absolute Gasteiger partial charge is 0.123 e. The molecule has 1 unspecified atom stereocenters. The Labute approximate surface area is 177 Å². The van der Waals surface area contributed by atoms with Gasteiger partial charge in [0.15, 0.2) is 0 Å². The summed E-state index contributed by atoms with van der Waals surface area (Å²) in [6.07, 6.45) is 0.747. The molecule has 1 aromatic heterocycles. The molecule has 0 radical (unpaired) electrons. The molecule has 1 atom stereocenters. The predicted molar refractivity (Wildman–Crippen MR) is 116 cm³/mol. The van der Waals surface area contributed by atoms with E-state index in [9.17, 15) is 0 Å². The number of nitrogens with zero attached hydrogens (tertiary/aromatic N) is 2. The maximum atomic E-state index is 6.00. The van der Waals surface area contributed by atoms with Crippen molar-refractivity contribution >= 4 is 0 Å². The predicted octanol–water partition coefficient (Wildman–Crippen LogP) is 3.92. The minimum atomic E-state index is -0.00661. The summed E-state index contributed by atoms with van der Waals surface area (Å²) in [4.78, 5) is 2.43. The minimum absolute atomic E-state index is 0.00661. The highest BCUT2D eigenvalue weighted by Crippen LogP contribution is 2.23. The van der Waals surface area contributed by atoms with E-state index in [1.54, 1.807) is 7.11 Å². The van der Waals surface area contributed by atoms with Crippen LogP contribution in [0.1, 0.15) is 28.6 Å². The van der Waals surface area contributed by atoms with Gasteiger partial charge < -0.3 is 14.2 Å². The summed E-state index contributed by atoms with van der Waals surface area (Å²) in [5.74, 6) is 1.59. The van der Waals surface area contributed by atoms with Crippen molar-refractivity contribution < 1.29 is 14.2 Å². The van der Waals surface area contributed by atoms with Gasteiger partial charge >= 0.3 is 0 Å². The number of ether oxygens (including phenoxy) is 3. The largest absolute Gasteiger partial charge is 0.497 e. The number of morpholine rings is 1. The molecule has 0 bridgehead atoms. The van der Waals surface area contributed by atoms with Crippen LogP contribution in [-0.4, -0.2) is 48.5 Å². The van der Waals surface area contributed by atoms with Crippen molar-refractivity contribution in [2.24, 2.45) is 0 Å². The van der Waals surface area contributed by atoms with Crippen LogP contribution >= 0.6 is 0 Å². The van der Waals surface area contributed by atoms with E-state index < -0.39 is 0 Å². The fraction of sp³-hybridized carbons (Fsp3) is 0.375. The number of aromatic nitrogens is 2. The van der Waals surface area contributed by atoms with Gasteiger partial charge in [0.1, 0.15) is 17.6 Å². The lowest BCUT2D eigenvalue weighted by Gasteiger charge is -2.32. The molecule has 1 aliphatic rings. The van der Waals surface area contributed by atoms with Crippen molar-refractivity contribution in [2.75, 3.05) is 33.4 Å². The van der Waals surface area contributed by atoms with Gasteiger partial charge in [-0.3, -0.25) is 10.00 Å². The third-order valence-electron chi connectivity index (χ3n) is 5.30. The molecule has 6 nitrogen and oxygen atoms in total. The molecule has 1 fully saturated rings. The second kappa shape index (κ2) is 9.78. The Hall–Kier alpha value is -2.83.